The summed E-state index contributed by atoms with van der Waals surface area (Å²) < 4.78 is 10.4. The lowest BCUT2D eigenvalue weighted by molar-refractivity contribution is 0.102. The van der Waals surface area contributed by atoms with Crippen LogP contribution in [0, 0.1) is 18.3 Å². The summed E-state index contributed by atoms with van der Waals surface area (Å²) in [6, 6.07) is 16.7. The van der Waals surface area contributed by atoms with E-state index in [0.717, 1.165) is 16.3 Å². The van der Waals surface area contributed by atoms with Gasteiger partial charge >= 0.3 is 0 Å². The summed E-state index contributed by atoms with van der Waals surface area (Å²) in [7, 11) is 3.19. The number of nitrogens with two attached hydrogens (primary N) is 1. The molecule has 0 radical (unpaired) electrons. The molecule has 8 nitrogen and oxygen atoms in total. The second kappa shape index (κ2) is 10.5. The Morgan fingerprint density at radius 2 is 1.60 bits per heavy atom. The summed E-state index contributed by atoms with van der Waals surface area (Å²) in [5, 5.41) is 10.6. The smallest absolute Gasteiger partial charge is 0.190 e. The number of nitriles is 1. The molecule has 2 aromatic heterocycles. The van der Waals surface area contributed by atoms with Gasteiger partial charge in [0.05, 0.1) is 36.2 Å². The third kappa shape index (κ3) is 5.26. The molecule has 0 fully saturated rings. The van der Waals surface area contributed by atoms with Crippen LogP contribution in [-0.4, -0.2) is 40.7 Å². The Labute approximate surface area is 210 Å². The number of methoxy groups -OCH3 is 2. The number of nitrogens with zero attached hydrogens (tertiary/aromatic N) is 4. The number of hydrogen-bond donors (Lipinski definition) is 1. The number of carbonyl (C=O) groups excluding carboxylic acids is 1. The first-order chi connectivity index (χ1) is 16.9. The lowest BCUT2D eigenvalue weighted by atomic mass is 10.1. The van der Waals surface area contributed by atoms with Gasteiger partial charge < -0.3 is 15.2 Å². The van der Waals surface area contributed by atoms with Crippen LogP contribution in [0.5, 0.6) is 11.5 Å². The fourth-order valence-corrected chi connectivity index (χ4v) is 5.12. The van der Waals surface area contributed by atoms with Crippen molar-refractivity contribution in [3.63, 3.8) is 0 Å². The number of thiazole rings is 1. The van der Waals surface area contributed by atoms with Crippen LogP contribution in [0.3, 0.4) is 0 Å². The number of ether oxygens (including phenoxy) is 2. The largest absolute Gasteiger partial charge is 0.497 e. The zero-order valence-electron chi connectivity index (χ0n) is 19.2. The molecule has 0 amide bonds. The van der Waals surface area contributed by atoms with E-state index in [2.05, 4.69) is 21.0 Å². The summed E-state index contributed by atoms with van der Waals surface area (Å²) in [4.78, 5) is 26.9. The minimum atomic E-state index is -0.0812. The van der Waals surface area contributed by atoms with Gasteiger partial charge in [0, 0.05) is 11.1 Å². The van der Waals surface area contributed by atoms with E-state index < -0.39 is 0 Å². The van der Waals surface area contributed by atoms with Gasteiger partial charge in [-0.25, -0.2) is 15.0 Å². The Morgan fingerprint density at radius 1 is 1.00 bits per heavy atom. The molecule has 0 spiro atoms. The molecule has 0 atom stereocenters. The maximum atomic E-state index is 13.0. The number of anilines is 1. The fourth-order valence-electron chi connectivity index (χ4n) is 3.30. The summed E-state index contributed by atoms with van der Waals surface area (Å²) >= 11 is 2.52. The van der Waals surface area contributed by atoms with Crippen LogP contribution in [0.15, 0.2) is 53.7 Å². The Hall–Kier alpha value is -3.94. The molecule has 0 unspecified atom stereocenters. The normalized spacial score (nSPS) is 10.6. The number of rotatable bonds is 8. The Morgan fingerprint density at radius 3 is 2.17 bits per heavy atom. The monoisotopic (exact) mass is 503 g/mol. The number of benzene rings is 2. The van der Waals surface area contributed by atoms with E-state index in [4.69, 9.17) is 15.2 Å². The van der Waals surface area contributed by atoms with Crippen molar-refractivity contribution in [2.24, 2.45) is 0 Å². The van der Waals surface area contributed by atoms with Crippen LogP contribution in [-0.2, 0) is 0 Å². The van der Waals surface area contributed by atoms with Gasteiger partial charge in [-0.15, -0.1) is 11.3 Å². The van der Waals surface area contributed by atoms with Crippen molar-refractivity contribution < 1.29 is 14.3 Å². The molecule has 4 rings (SSSR count). The number of nitrogen functional groups attached to an aromatic ring is 1. The molecule has 0 aliphatic carbocycles. The van der Waals surface area contributed by atoms with Crippen LogP contribution in [0.25, 0.3) is 21.8 Å². The maximum absolute atomic E-state index is 13.0. The number of Topliss-reactive ketones (excluding diaryl/α,β-unsaturated/α-hetero) is 1. The number of ketones is 1. The molecule has 2 heterocycles. The molecule has 0 saturated heterocycles. The molecule has 2 N–H and O–H groups in total. The lowest BCUT2D eigenvalue weighted by Crippen LogP contribution is -2.06. The van der Waals surface area contributed by atoms with E-state index in [1.54, 1.807) is 38.5 Å². The van der Waals surface area contributed by atoms with Crippen LogP contribution < -0.4 is 15.2 Å². The van der Waals surface area contributed by atoms with Crippen molar-refractivity contribution in [3.05, 3.63) is 64.7 Å². The quantitative estimate of drug-likeness (QED) is 0.200. The molecule has 0 bridgehead atoms. The summed E-state index contributed by atoms with van der Waals surface area (Å²) in [5.74, 6) is 1.54. The van der Waals surface area contributed by atoms with Gasteiger partial charge in [-0.05, 0) is 55.5 Å². The molecule has 2 aromatic carbocycles. The number of thioether (sulfide) groups is 1. The van der Waals surface area contributed by atoms with Crippen molar-refractivity contribution in [1.82, 2.24) is 15.0 Å². The molecular formula is C25H21N5O3S2. The van der Waals surface area contributed by atoms with Crippen LogP contribution in [0.1, 0.15) is 20.9 Å². The minimum absolute atomic E-state index is 0.0685. The molecular weight excluding hydrogens is 482 g/mol. The molecule has 0 saturated carbocycles. The molecule has 10 heteroatoms. The van der Waals surface area contributed by atoms with Crippen molar-refractivity contribution in [2.45, 2.75) is 12.1 Å². The van der Waals surface area contributed by atoms with Crippen LogP contribution in [0.2, 0.25) is 0 Å². The Bertz CT molecular complexity index is 1410. The first kappa shape index (κ1) is 24.2. The highest BCUT2D eigenvalue weighted by molar-refractivity contribution is 7.99. The van der Waals surface area contributed by atoms with E-state index in [-0.39, 0.29) is 22.9 Å². The van der Waals surface area contributed by atoms with E-state index >= 15 is 0 Å². The number of aromatic nitrogens is 3. The van der Waals surface area contributed by atoms with Gasteiger partial charge in [0.1, 0.15) is 34.0 Å². The van der Waals surface area contributed by atoms with Gasteiger partial charge in [-0.1, -0.05) is 11.8 Å². The predicted octanol–water partition coefficient (Wildman–Crippen LogP) is 5.02. The minimum Gasteiger partial charge on any atom is -0.497 e. The lowest BCUT2D eigenvalue weighted by Gasteiger charge is -2.09. The summed E-state index contributed by atoms with van der Waals surface area (Å²) in [6.07, 6.45) is 0. The SMILES string of the molecule is COc1ccc(-c2nc(C)c(C(=O)CSc3nc(N)c(C#N)c(-c4ccc(OC)cc4)n3)s2)cc1. The highest BCUT2D eigenvalue weighted by atomic mass is 32.2. The topological polar surface area (TPSA) is 124 Å². The molecule has 176 valence electrons. The Kier molecular flexibility index (Phi) is 7.29. The van der Waals surface area contributed by atoms with Gasteiger partial charge in [-0.3, -0.25) is 4.79 Å². The van der Waals surface area contributed by atoms with E-state index in [1.165, 1.54) is 23.1 Å². The average molecular weight is 504 g/mol. The summed E-state index contributed by atoms with van der Waals surface area (Å²) in [6.45, 7) is 1.82. The van der Waals surface area contributed by atoms with Crippen molar-refractivity contribution >= 4 is 34.7 Å². The van der Waals surface area contributed by atoms with E-state index in [9.17, 15) is 10.1 Å². The van der Waals surface area contributed by atoms with Crippen LogP contribution in [0.4, 0.5) is 5.82 Å². The third-order valence-corrected chi connectivity index (χ3v) is 7.21. The zero-order chi connectivity index (χ0) is 24.9. The highest BCUT2D eigenvalue weighted by Gasteiger charge is 2.19. The fraction of sp³-hybridized carbons (Fsp3) is 0.160. The van der Waals surface area contributed by atoms with Crippen molar-refractivity contribution in [1.29, 1.82) is 5.26 Å². The Balaban J connectivity index is 1.54. The molecule has 4 aromatic rings. The first-order valence-corrected chi connectivity index (χ1v) is 12.2. The first-order valence-electron chi connectivity index (χ1n) is 10.4. The van der Waals surface area contributed by atoms with Gasteiger partial charge in [0.2, 0.25) is 0 Å². The summed E-state index contributed by atoms with van der Waals surface area (Å²) in [5.41, 5.74) is 8.93. The predicted molar refractivity (Wildman–Crippen MR) is 137 cm³/mol. The highest BCUT2D eigenvalue weighted by Crippen LogP contribution is 2.32. The number of hydrogen-bond acceptors (Lipinski definition) is 10. The number of aryl methyl sites for hydroxylation is 1. The molecule has 0 aliphatic heterocycles. The zero-order valence-corrected chi connectivity index (χ0v) is 20.9. The van der Waals surface area contributed by atoms with Gasteiger partial charge in [0.25, 0.3) is 0 Å². The second-order valence-corrected chi connectivity index (χ2v) is 9.27. The van der Waals surface area contributed by atoms with Crippen LogP contribution >= 0.6 is 23.1 Å². The second-order valence-electron chi connectivity index (χ2n) is 7.33. The van der Waals surface area contributed by atoms with E-state index in [1.807, 2.05) is 31.2 Å². The molecule has 0 aliphatic rings. The van der Waals surface area contributed by atoms with E-state index in [0.29, 0.717) is 32.7 Å². The van der Waals surface area contributed by atoms with Gasteiger partial charge in [0.15, 0.2) is 10.9 Å². The molecule has 35 heavy (non-hydrogen) atoms. The number of carbonyl (C=O) groups is 1. The third-order valence-electron chi connectivity index (χ3n) is 5.11. The maximum Gasteiger partial charge on any atom is 0.190 e. The van der Waals surface area contributed by atoms with Crippen molar-refractivity contribution in [3.8, 4) is 39.4 Å². The van der Waals surface area contributed by atoms with Crippen molar-refractivity contribution in [2.75, 3.05) is 25.7 Å². The average Bonchev–Trinajstić information content (AvgIpc) is 3.28. The van der Waals surface area contributed by atoms with Gasteiger partial charge in [-0.2, -0.15) is 5.26 Å². The standard InChI is InChI=1S/C25H21N5O3S2/c1-14-22(35-24(28-14)16-6-10-18(33-3)11-7-16)20(31)13-34-25-29-21(19(12-26)23(27)30-25)15-4-8-17(32-2)9-5-15/h4-11H,13H2,1-3H3,(H2,27,29,30).